The first-order valence-electron chi connectivity index (χ1n) is 7.68. The Morgan fingerprint density at radius 2 is 1.58 bits per heavy atom. The molecule has 0 bridgehead atoms. The van der Waals surface area contributed by atoms with Crippen molar-refractivity contribution in [3.05, 3.63) is 0 Å². The minimum absolute atomic E-state index is 0.341. The van der Waals surface area contributed by atoms with Gasteiger partial charge in [0.2, 0.25) is 0 Å². The van der Waals surface area contributed by atoms with E-state index in [0.717, 1.165) is 44.1 Å². The molecule has 2 fully saturated rings. The second-order valence-electron chi connectivity index (χ2n) is 6.66. The number of carboxylic acid groups (broad SMARTS) is 1. The third-order valence-corrected chi connectivity index (χ3v) is 4.92. The summed E-state index contributed by atoms with van der Waals surface area (Å²) in [5.74, 6) is 0.975. The second-order valence-corrected chi connectivity index (χ2v) is 6.66. The number of hydrogen-bond donors (Lipinski definition) is 1. The molecule has 2 rings (SSSR count). The summed E-state index contributed by atoms with van der Waals surface area (Å²) in [5, 5.41) is 9.06. The SMILES string of the molecule is CC1CC(C)CC(N2CCN(C(C)C(=O)O)CC2)C1. The molecule has 3 atom stereocenters. The van der Waals surface area contributed by atoms with Crippen LogP contribution >= 0.6 is 0 Å². The fourth-order valence-electron chi connectivity index (χ4n) is 3.85. The molecule has 0 aromatic carbocycles. The van der Waals surface area contributed by atoms with Crippen LogP contribution in [-0.2, 0) is 4.79 Å². The van der Waals surface area contributed by atoms with Crippen molar-refractivity contribution in [2.75, 3.05) is 26.2 Å². The summed E-state index contributed by atoms with van der Waals surface area (Å²) in [6, 6.07) is 0.382. The Bertz CT molecular complexity index is 303. The molecular formula is C15H28N2O2. The number of rotatable bonds is 3. The van der Waals surface area contributed by atoms with Crippen LogP contribution in [0.1, 0.15) is 40.0 Å². The standard InChI is InChI=1S/C15H28N2O2/c1-11-8-12(2)10-14(9-11)17-6-4-16(5-7-17)13(3)15(18)19/h11-14H,4-10H2,1-3H3,(H,18,19). The van der Waals surface area contributed by atoms with Crippen LogP contribution in [-0.4, -0.2) is 59.1 Å². The van der Waals surface area contributed by atoms with Crippen LogP contribution in [0.25, 0.3) is 0 Å². The minimum atomic E-state index is -0.701. The molecule has 1 aliphatic heterocycles. The number of piperazine rings is 1. The number of carboxylic acids is 1. The van der Waals surface area contributed by atoms with Gasteiger partial charge in [0.05, 0.1) is 0 Å². The summed E-state index contributed by atoms with van der Waals surface area (Å²) in [6.07, 6.45) is 4.00. The molecule has 4 nitrogen and oxygen atoms in total. The second kappa shape index (κ2) is 6.23. The Morgan fingerprint density at radius 1 is 1.05 bits per heavy atom. The van der Waals surface area contributed by atoms with E-state index in [1.165, 1.54) is 19.3 Å². The van der Waals surface area contributed by atoms with Gasteiger partial charge in [-0.1, -0.05) is 13.8 Å². The zero-order valence-corrected chi connectivity index (χ0v) is 12.5. The fourth-order valence-corrected chi connectivity index (χ4v) is 3.85. The molecule has 1 aliphatic carbocycles. The molecule has 0 aromatic heterocycles. The molecular weight excluding hydrogens is 240 g/mol. The summed E-state index contributed by atoms with van der Waals surface area (Å²) < 4.78 is 0. The Hall–Kier alpha value is -0.610. The average molecular weight is 268 g/mol. The molecule has 3 unspecified atom stereocenters. The van der Waals surface area contributed by atoms with Crippen LogP contribution in [0.3, 0.4) is 0 Å². The molecule has 110 valence electrons. The van der Waals surface area contributed by atoms with Gasteiger partial charge in [-0.3, -0.25) is 14.6 Å². The first kappa shape index (κ1) is 14.8. The van der Waals surface area contributed by atoms with E-state index < -0.39 is 5.97 Å². The Morgan fingerprint density at radius 3 is 2.05 bits per heavy atom. The summed E-state index contributed by atoms with van der Waals surface area (Å²) in [6.45, 7) is 10.4. The third-order valence-electron chi connectivity index (χ3n) is 4.92. The molecule has 2 aliphatic rings. The van der Waals surface area contributed by atoms with Gasteiger partial charge in [0.25, 0.3) is 0 Å². The maximum absolute atomic E-state index is 11.0. The number of aliphatic carboxylic acids is 1. The lowest BCUT2D eigenvalue weighted by Crippen LogP contribution is -2.55. The molecule has 1 heterocycles. The van der Waals surface area contributed by atoms with E-state index in [1.807, 2.05) is 0 Å². The Labute approximate surface area is 116 Å². The quantitative estimate of drug-likeness (QED) is 0.849. The summed E-state index contributed by atoms with van der Waals surface area (Å²) >= 11 is 0. The normalized spacial score (nSPS) is 36.1. The molecule has 1 saturated carbocycles. The zero-order valence-electron chi connectivity index (χ0n) is 12.5. The van der Waals surface area contributed by atoms with Gasteiger partial charge < -0.3 is 5.11 Å². The number of nitrogens with zero attached hydrogens (tertiary/aromatic N) is 2. The zero-order chi connectivity index (χ0) is 14.0. The van der Waals surface area contributed by atoms with Gasteiger partial charge in [0.15, 0.2) is 0 Å². The number of hydrogen-bond acceptors (Lipinski definition) is 3. The predicted octanol–water partition coefficient (Wildman–Crippen LogP) is 1.90. The molecule has 1 N–H and O–H groups in total. The van der Waals surface area contributed by atoms with Crippen LogP contribution in [0.4, 0.5) is 0 Å². The van der Waals surface area contributed by atoms with Crippen molar-refractivity contribution in [3.8, 4) is 0 Å². The van der Waals surface area contributed by atoms with Crippen molar-refractivity contribution < 1.29 is 9.90 Å². The molecule has 19 heavy (non-hydrogen) atoms. The van der Waals surface area contributed by atoms with E-state index >= 15 is 0 Å². The fraction of sp³-hybridized carbons (Fsp3) is 0.933. The third kappa shape index (κ3) is 3.69. The summed E-state index contributed by atoms with van der Waals surface area (Å²) in [5.41, 5.74) is 0. The predicted molar refractivity (Wildman–Crippen MR) is 76.2 cm³/mol. The van der Waals surface area contributed by atoms with Crippen molar-refractivity contribution in [2.45, 2.75) is 52.1 Å². The van der Waals surface area contributed by atoms with Crippen LogP contribution in [0.15, 0.2) is 0 Å². The Kier molecular flexibility index (Phi) is 4.85. The van der Waals surface area contributed by atoms with E-state index in [0.29, 0.717) is 0 Å². The monoisotopic (exact) mass is 268 g/mol. The molecule has 1 saturated heterocycles. The largest absolute Gasteiger partial charge is 0.480 e. The lowest BCUT2D eigenvalue weighted by molar-refractivity contribution is -0.143. The van der Waals surface area contributed by atoms with Crippen LogP contribution in [0.2, 0.25) is 0 Å². The van der Waals surface area contributed by atoms with Gasteiger partial charge in [-0.2, -0.15) is 0 Å². The summed E-state index contributed by atoms with van der Waals surface area (Å²) in [7, 11) is 0. The van der Waals surface area contributed by atoms with E-state index in [4.69, 9.17) is 5.11 Å². The molecule has 0 radical (unpaired) electrons. The average Bonchev–Trinajstić information content (AvgIpc) is 2.37. The number of carbonyl (C=O) groups is 1. The maximum Gasteiger partial charge on any atom is 0.320 e. The minimum Gasteiger partial charge on any atom is -0.480 e. The van der Waals surface area contributed by atoms with Crippen molar-refractivity contribution in [1.82, 2.24) is 9.80 Å². The molecule has 4 heteroatoms. The van der Waals surface area contributed by atoms with Gasteiger partial charge in [0.1, 0.15) is 6.04 Å². The van der Waals surface area contributed by atoms with E-state index in [1.54, 1.807) is 6.92 Å². The van der Waals surface area contributed by atoms with Crippen molar-refractivity contribution in [3.63, 3.8) is 0 Å². The van der Waals surface area contributed by atoms with Crippen molar-refractivity contribution >= 4 is 5.97 Å². The lowest BCUT2D eigenvalue weighted by atomic mass is 9.79. The molecule has 0 amide bonds. The molecule has 0 aromatic rings. The highest BCUT2D eigenvalue weighted by Gasteiger charge is 2.32. The highest BCUT2D eigenvalue weighted by molar-refractivity contribution is 5.72. The summed E-state index contributed by atoms with van der Waals surface area (Å²) in [4.78, 5) is 15.7. The van der Waals surface area contributed by atoms with Crippen LogP contribution in [0.5, 0.6) is 0 Å². The molecule has 0 spiro atoms. The van der Waals surface area contributed by atoms with Crippen LogP contribution < -0.4 is 0 Å². The van der Waals surface area contributed by atoms with E-state index in [9.17, 15) is 4.79 Å². The first-order chi connectivity index (χ1) is 8.97. The van der Waals surface area contributed by atoms with E-state index in [2.05, 4.69) is 23.6 Å². The van der Waals surface area contributed by atoms with Crippen molar-refractivity contribution in [1.29, 1.82) is 0 Å². The van der Waals surface area contributed by atoms with Gasteiger partial charge >= 0.3 is 5.97 Å². The van der Waals surface area contributed by atoms with Gasteiger partial charge in [0, 0.05) is 32.2 Å². The maximum atomic E-state index is 11.0. The highest BCUT2D eigenvalue weighted by Crippen LogP contribution is 2.32. The highest BCUT2D eigenvalue weighted by atomic mass is 16.4. The van der Waals surface area contributed by atoms with Crippen molar-refractivity contribution in [2.24, 2.45) is 11.8 Å². The first-order valence-corrected chi connectivity index (χ1v) is 7.68. The van der Waals surface area contributed by atoms with E-state index in [-0.39, 0.29) is 6.04 Å². The van der Waals surface area contributed by atoms with Gasteiger partial charge in [-0.15, -0.1) is 0 Å². The smallest absolute Gasteiger partial charge is 0.320 e. The van der Waals surface area contributed by atoms with Crippen LogP contribution in [0, 0.1) is 11.8 Å². The topological polar surface area (TPSA) is 43.8 Å². The van der Waals surface area contributed by atoms with Gasteiger partial charge in [-0.25, -0.2) is 0 Å². The van der Waals surface area contributed by atoms with Gasteiger partial charge in [-0.05, 0) is 38.0 Å². The lowest BCUT2D eigenvalue weighted by Gasteiger charge is -2.44. The Balaban J connectivity index is 1.84.